The number of nitrogens with one attached hydrogen (secondary N) is 1. The molecule has 20 heavy (non-hydrogen) atoms. The van der Waals surface area contributed by atoms with Crippen LogP contribution in [0, 0.1) is 5.82 Å². The summed E-state index contributed by atoms with van der Waals surface area (Å²) in [6, 6.07) is 6.97. The summed E-state index contributed by atoms with van der Waals surface area (Å²) < 4.78 is 18.4. The molecule has 1 fully saturated rings. The van der Waals surface area contributed by atoms with Gasteiger partial charge in [0.05, 0.1) is 5.69 Å². The molecule has 6 heteroatoms. The van der Waals surface area contributed by atoms with Gasteiger partial charge in [-0.3, -0.25) is 4.90 Å². The Balaban J connectivity index is 0.00000147. The molecule has 0 amide bonds. The lowest BCUT2D eigenvalue weighted by Gasteiger charge is -2.36. The minimum Gasteiger partial charge on any atom is -0.451 e. The van der Waals surface area contributed by atoms with Gasteiger partial charge < -0.3 is 9.73 Å². The van der Waals surface area contributed by atoms with Crippen molar-refractivity contribution in [1.82, 2.24) is 15.2 Å². The van der Waals surface area contributed by atoms with Crippen molar-refractivity contribution in [2.75, 3.05) is 19.6 Å². The maximum absolute atomic E-state index is 13.4. The van der Waals surface area contributed by atoms with E-state index in [2.05, 4.69) is 15.2 Å². The Bertz CT molecular complexity index is 535. The van der Waals surface area contributed by atoms with E-state index < -0.39 is 0 Å². The smallest absolute Gasteiger partial charge is 0.180 e. The van der Waals surface area contributed by atoms with Gasteiger partial charge in [0.1, 0.15) is 12.1 Å². The first-order valence-corrected chi connectivity index (χ1v) is 6.40. The molecule has 0 spiro atoms. The molecule has 1 N–H and O–H groups in total. The lowest BCUT2D eigenvalue weighted by atomic mass is 10.0. The van der Waals surface area contributed by atoms with Gasteiger partial charge in [0.15, 0.2) is 6.39 Å². The Morgan fingerprint density at radius 2 is 2.35 bits per heavy atom. The van der Waals surface area contributed by atoms with E-state index in [-0.39, 0.29) is 24.3 Å². The van der Waals surface area contributed by atoms with Crippen LogP contribution in [0.5, 0.6) is 0 Å². The van der Waals surface area contributed by atoms with Crippen molar-refractivity contribution in [3.8, 4) is 0 Å². The van der Waals surface area contributed by atoms with Crippen molar-refractivity contribution >= 4 is 12.4 Å². The van der Waals surface area contributed by atoms with Gasteiger partial charge in [-0.25, -0.2) is 9.37 Å². The van der Waals surface area contributed by atoms with Gasteiger partial charge in [-0.05, 0) is 17.7 Å². The fourth-order valence-corrected chi connectivity index (χ4v) is 2.50. The zero-order chi connectivity index (χ0) is 13.1. The third-order valence-corrected chi connectivity index (χ3v) is 3.44. The molecule has 0 bridgehead atoms. The maximum Gasteiger partial charge on any atom is 0.180 e. The van der Waals surface area contributed by atoms with E-state index in [1.165, 1.54) is 12.5 Å². The average molecular weight is 298 g/mol. The Morgan fingerprint density at radius 3 is 3.10 bits per heavy atom. The van der Waals surface area contributed by atoms with E-state index >= 15 is 0 Å². The highest BCUT2D eigenvalue weighted by molar-refractivity contribution is 5.85. The number of oxazole rings is 1. The maximum atomic E-state index is 13.4. The van der Waals surface area contributed by atoms with E-state index in [4.69, 9.17) is 4.42 Å². The molecule has 108 valence electrons. The molecule has 1 aliphatic heterocycles. The lowest BCUT2D eigenvalue weighted by molar-refractivity contribution is 0.151. The Morgan fingerprint density at radius 1 is 1.45 bits per heavy atom. The van der Waals surface area contributed by atoms with Crippen molar-refractivity contribution < 1.29 is 8.81 Å². The summed E-state index contributed by atoms with van der Waals surface area (Å²) in [6.07, 6.45) is 3.10. The molecule has 1 aliphatic rings. The molecule has 0 saturated carbocycles. The third kappa shape index (κ3) is 3.36. The van der Waals surface area contributed by atoms with Crippen LogP contribution in [0.15, 0.2) is 41.3 Å². The van der Waals surface area contributed by atoms with Crippen molar-refractivity contribution in [2.45, 2.75) is 12.6 Å². The molecule has 1 aromatic heterocycles. The fraction of sp³-hybridized carbons (Fsp3) is 0.357. The van der Waals surface area contributed by atoms with E-state index in [0.29, 0.717) is 0 Å². The number of hydrogen-bond donors (Lipinski definition) is 1. The summed E-state index contributed by atoms with van der Waals surface area (Å²) in [5, 5.41) is 3.35. The second-order valence-corrected chi connectivity index (χ2v) is 4.73. The fourth-order valence-electron chi connectivity index (χ4n) is 2.50. The van der Waals surface area contributed by atoms with E-state index in [1.807, 2.05) is 6.07 Å². The van der Waals surface area contributed by atoms with Gasteiger partial charge >= 0.3 is 0 Å². The Labute approximate surface area is 123 Å². The number of piperazine rings is 1. The topological polar surface area (TPSA) is 41.3 Å². The van der Waals surface area contributed by atoms with Crippen LogP contribution < -0.4 is 5.32 Å². The molecule has 2 aromatic rings. The molecule has 4 nitrogen and oxygen atoms in total. The summed E-state index contributed by atoms with van der Waals surface area (Å²) in [7, 11) is 0. The zero-order valence-corrected chi connectivity index (χ0v) is 11.8. The Kier molecular flexibility index (Phi) is 5.11. The number of aromatic nitrogens is 1. The van der Waals surface area contributed by atoms with Crippen LogP contribution in [-0.4, -0.2) is 29.5 Å². The summed E-state index contributed by atoms with van der Waals surface area (Å²) in [6.45, 7) is 3.39. The second-order valence-electron chi connectivity index (χ2n) is 4.73. The molecule has 3 rings (SSSR count). The minimum absolute atomic E-state index is 0. The SMILES string of the molecule is Cl.Fc1cccc(C2CNCCN2Cc2cocn2)c1. The molecule has 1 atom stereocenters. The first-order chi connectivity index (χ1) is 9.33. The third-order valence-electron chi connectivity index (χ3n) is 3.44. The summed E-state index contributed by atoms with van der Waals surface area (Å²) in [4.78, 5) is 6.45. The first kappa shape index (κ1) is 15.0. The number of nitrogens with zero attached hydrogens (tertiary/aromatic N) is 2. The number of rotatable bonds is 3. The molecular formula is C14H17ClFN3O. The van der Waals surface area contributed by atoms with Crippen molar-refractivity contribution in [3.05, 3.63) is 54.0 Å². The normalized spacial score (nSPS) is 19.6. The quantitative estimate of drug-likeness (QED) is 0.944. The van der Waals surface area contributed by atoms with E-state index in [0.717, 1.165) is 37.4 Å². The van der Waals surface area contributed by atoms with Gasteiger partial charge in [0.2, 0.25) is 0 Å². The summed E-state index contributed by atoms with van der Waals surface area (Å²) in [5.41, 5.74) is 1.90. The number of benzene rings is 1. The van der Waals surface area contributed by atoms with Gasteiger partial charge in [-0.1, -0.05) is 12.1 Å². The monoisotopic (exact) mass is 297 g/mol. The van der Waals surface area contributed by atoms with Crippen LogP contribution in [0.25, 0.3) is 0 Å². The molecule has 0 aliphatic carbocycles. The van der Waals surface area contributed by atoms with E-state index in [1.54, 1.807) is 18.4 Å². The number of hydrogen-bond acceptors (Lipinski definition) is 4. The van der Waals surface area contributed by atoms with Crippen LogP contribution in [0.4, 0.5) is 4.39 Å². The van der Waals surface area contributed by atoms with Crippen LogP contribution in [0.1, 0.15) is 17.3 Å². The highest BCUT2D eigenvalue weighted by Crippen LogP contribution is 2.24. The predicted molar refractivity (Wildman–Crippen MR) is 76.2 cm³/mol. The summed E-state index contributed by atoms with van der Waals surface area (Å²) >= 11 is 0. The highest BCUT2D eigenvalue weighted by atomic mass is 35.5. The molecular weight excluding hydrogens is 281 g/mol. The average Bonchev–Trinajstić information content (AvgIpc) is 2.92. The van der Waals surface area contributed by atoms with Crippen molar-refractivity contribution in [3.63, 3.8) is 0 Å². The van der Waals surface area contributed by atoms with Crippen LogP contribution in [-0.2, 0) is 6.54 Å². The van der Waals surface area contributed by atoms with Crippen molar-refractivity contribution in [2.24, 2.45) is 0 Å². The van der Waals surface area contributed by atoms with Crippen LogP contribution >= 0.6 is 12.4 Å². The standard InChI is InChI=1S/C14H16FN3O.ClH/c15-12-3-1-2-11(6-12)14-7-16-4-5-18(14)8-13-9-19-10-17-13;/h1-3,6,9-10,14,16H,4-5,7-8H2;1H. The van der Waals surface area contributed by atoms with Crippen LogP contribution in [0.3, 0.4) is 0 Å². The second kappa shape index (κ2) is 6.83. The lowest BCUT2D eigenvalue weighted by Crippen LogP contribution is -2.45. The molecule has 1 aromatic carbocycles. The van der Waals surface area contributed by atoms with Gasteiger partial charge in [-0.2, -0.15) is 0 Å². The number of halogens is 2. The van der Waals surface area contributed by atoms with Crippen LogP contribution in [0.2, 0.25) is 0 Å². The largest absolute Gasteiger partial charge is 0.451 e. The van der Waals surface area contributed by atoms with Gasteiger partial charge in [-0.15, -0.1) is 12.4 Å². The Hall–Kier alpha value is -1.43. The zero-order valence-electron chi connectivity index (χ0n) is 11.0. The molecule has 1 unspecified atom stereocenters. The predicted octanol–water partition coefficient (Wildman–Crippen LogP) is 2.38. The minimum atomic E-state index is -0.190. The van der Waals surface area contributed by atoms with E-state index in [9.17, 15) is 4.39 Å². The summed E-state index contributed by atoms with van der Waals surface area (Å²) in [5.74, 6) is -0.190. The van der Waals surface area contributed by atoms with Gasteiger partial charge in [0.25, 0.3) is 0 Å². The van der Waals surface area contributed by atoms with Crippen molar-refractivity contribution in [1.29, 1.82) is 0 Å². The highest BCUT2D eigenvalue weighted by Gasteiger charge is 2.24. The molecule has 2 heterocycles. The first-order valence-electron chi connectivity index (χ1n) is 6.40. The van der Waals surface area contributed by atoms with Gasteiger partial charge in [0, 0.05) is 32.2 Å². The molecule has 1 saturated heterocycles. The molecule has 0 radical (unpaired) electrons.